The van der Waals surface area contributed by atoms with Gasteiger partial charge in [-0.05, 0) is 42.5 Å². The summed E-state index contributed by atoms with van der Waals surface area (Å²) in [5, 5.41) is 15.4. The lowest BCUT2D eigenvalue weighted by molar-refractivity contribution is 0.475. The summed E-state index contributed by atoms with van der Waals surface area (Å²) in [5.74, 6) is 0.313. The van der Waals surface area contributed by atoms with Gasteiger partial charge in [0.2, 0.25) is 0 Å². The van der Waals surface area contributed by atoms with Crippen molar-refractivity contribution in [2.24, 2.45) is 0 Å². The summed E-state index contributed by atoms with van der Waals surface area (Å²) in [7, 11) is 0. The van der Waals surface area contributed by atoms with Crippen molar-refractivity contribution in [1.82, 2.24) is 0 Å². The molecule has 0 aromatic heterocycles. The summed E-state index contributed by atoms with van der Waals surface area (Å²) in [6.45, 7) is 2.18. The minimum absolute atomic E-state index is 0.313. The SMILES string of the molecule is CC(Cc1ccc(O)cc1)Nc1cccc2ccccc12. The molecule has 0 aliphatic carbocycles. The number of benzene rings is 3. The van der Waals surface area contributed by atoms with Crippen molar-refractivity contribution < 1.29 is 5.11 Å². The van der Waals surface area contributed by atoms with Gasteiger partial charge >= 0.3 is 0 Å². The third-order valence-corrected chi connectivity index (χ3v) is 3.67. The molecule has 0 aliphatic rings. The molecule has 2 heteroatoms. The van der Waals surface area contributed by atoms with E-state index in [2.05, 4.69) is 54.7 Å². The lowest BCUT2D eigenvalue weighted by atomic mass is 10.0. The highest BCUT2D eigenvalue weighted by Gasteiger charge is 2.06. The van der Waals surface area contributed by atoms with Gasteiger partial charge in [-0.3, -0.25) is 0 Å². The zero-order valence-electron chi connectivity index (χ0n) is 12.1. The van der Waals surface area contributed by atoms with Crippen molar-refractivity contribution >= 4 is 16.5 Å². The molecular formula is C19H19NO. The number of fused-ring (bicyclic) bond motifs is 1. The van der Waals surface area contributed by atoms with E-state index in [0.717, 1.165) is 6.42 Å². The highest BCUT2D eigenvalue weighted by atomic mass is 16.3. The van der Waals surface area contributed by atoms with E-state index in [-0.39, 0.29) is 0 Å². The van der Waals surface area contributed by atoms with Gasteiger partial charge in [0.15, 0.2) is 0 Å². The standard InChI is InChI=1S/C19H19NO/c1-14(13-15-9-11-17(21)12-10-15)20-19-8-4-6-16-5-2-3-7-18(16)19/h2-12,14,20-21H,13H2,1H3. The number of anilines is 1. The average molecular weight is 277 g/mol. The predicted molar refractivity (Wildman–Crippen MR) is 88.8 cm³/mol. The zero-order chi connectivity index (χ0) is 14.7. The molecule has 0 aliphatic heterocycles. The highest BCUT2D eigenvalue weighted by molar-refractivity contribution is 5.93. The Morgan fingerprint density at radius 2 is 1.62 bits per heavy atom. The molecule has 2 nitrogen and oxygen atoms in total. The Morgan fingerprint density at radius 3 is 2.43 bits per heavy atom. The summed E-state index contributed by atoms with van der Waals surface area (Å²) in [4.78, 5) is 0. The number of hydrogen-bond acceptors (Lipinski definition) is 2. The Kier molecular flexibility index (Phi) is 3.78. The van der Waals surface area contributed by atoms with Crippen LogP contribution < -0.4 is 5.32 Å². The molecule has 106 valence electrons. The fraction of sp³-hybridized carbons (Fsp3) is 0.158. The Morgan fingerprint density at radius 1 is 0.905 bits per heavy atom. The number of aromatic hydroxyl groups is 1. The molecule has 21 heavy (non-hydrogen) atoms. The number of rotatable bonds is 4. The molecule has 0 amide bonds. The second kappa shape index (κ2) is 5.88. The van der Waals surface area contributed by atoms with E-state index >= 15 is 0 Å². The van der Waals surface area contributed by atoms with E-state index in [4.69, 9.17) is 0 Å². The molecule has 2 N–H and O–H groups in total. The smallest absolute Gasteiger partial charge is 0.115 e. The molecule has 0 radical (unpaired) electrons. The summed E-state index contributed by atoms with van der Waals surface area (Å²) in [6, 6.07) is 22.5. The molecule has 0 spiro atoms. The first-order valence-corrected chi connectivity index (χ1v) is 7.24. The predicted octanol–water partition coefficient (Wildman–Crippen LogP) is 4.59. The van der Waals surface area contributed by atoms with Gasteiger partial charge in [0, 0.05) is 17.1 Å². The lowest BCUT2D eigenvalue weighted by Gasteiger charge is -2.17. The van der Waals surface area contributed by atoms with Gasteiger partial charge in [-0.15, -0.1) is 0 Å². The van der Waals surface area contributed by atoms with Crippen LogP contribution in [0.1, 0.15) is 12.5 Å². The molecule has 3 aromatic carbocycles. The van der Waals surface area contributed by atoms with E-state index in [1.165, 1.54) is 22.0 Å². The van der Waals surface area contributed by atoms with Gasteiger partial charge in [-0.25, -0.2) is 0 Å². The Labute approximate surface area is 125 Å². The van der Waals surface area contributed by atoms with Crippen LogP contribution in [0, 0.1) is 0 Å². The third-order valence-electron chi connectivity index (χ3n) is 3.67. The van der Waals surface area contributed by atoms with Crippen molar-refractivity contribution in [2.45, 2.75) is 19.4 Å². The van der Waals surface area contributed by atoms with Crippen molar-refractivity contribution in [2.75, 3.05) is 5.32 Å². The van der Waals surface area contributed by atoms with Crippen LogP contribution in [0.4, 0.5) is 5.69 Å². The molecule has 0 fully saturated rings. The average Bonchev–Trinajstić information content (AvgIpc) is 2.50. The number of hydrogen-bond donors (Lipinski definition) is 2. The molecule has 3 aromatic rings. The minimum atomic E-state index is 0.313. The van der Waals surface area contributed by atoms with E-state index < -0.39 is 0 Å². The first-order chi connectivity index (χ1) is 10.2. The lowest BCUT2D eigenvalue weighted by Crippen LogP contribution is -2.18. The van der Waals surface area contributed by atoms with Crippen LogP contribution >= 0.6 is 0 Å². The summed E-state index contributed by atoms with van der Waals surface area (Å²) in [5.41, 5.74) is 2.38. The summed E-state index contributed by atoms with van der Waals surface area (Å²) >= 11 is 0. The Bertz CT molecular complexity index is 729. The van der Waals surface area contributed by atoms with Crippen LogP contribution in [0.3, 0.4) is 0 Å². The van der Waals surface area contributed by atoms with E-state index in [0.29, 0.717) is 11.8 Å². The fourth-order valence-electron chi connectivity index (χ4n) is 2.65. The molecule has 3 rings (SSSR count). The quantitative estimate of drug-likeness (QED) is 0.731. The van der Waals surface area contributed by atoms with E-state index in [9.17, 15) is 5.11 Å². The van der Waals surface area contributed by atoms with Crippen LogP contribution in [0.15, 0.2) is 66.7 Å². The number of phenolic OH excluding ortho intramolecular Hbond substituents is 1. The normalized spacial score (nSPS) is 12.2. The number of phenols is 1. The van der Waals surface area contributed by atoms with Gasteiger partial charge in [-0.1, -0.05) is 48.5 Å². The third kappa shape index (κ3) is 3.16. The summed E-state index contributed by atoms with van der Waals surface area (Å²) < 4.78 is 0. The maximum Gasteiger partial charge on any atom is 0.115 e. The van der Waals surface area contributed by atoms with Crippen LogP contribution in [0.5, 0.6) is 5.75 Å². The van der Waals surface area contributed by atoms with Crippen molar-refractivity contribution in [3.05, 3.63) is 72.3 Å². The summed E-state index contributed by atoms with van der Waals surface area (Å²) in [6.07, 6.45) is 0.920. The Hall–Kier alpha value is -2.48. The molecule has 0 bridgehead atoms. The number of nitrogens with one attached hydrogen (secondary N) is 1. The van der Waals surface area contributed by atoms with Gasteiger partial charge < -0.3 is 10.4 Å². The van der Waals surface area contributed by atoms with Crippen molar-refractivity contribution in [3.63, 3.8) is 0 Å². The van der Waals surface area contributed by atoms with Crippen LogP contribution in [-0.2, 0) is 6.42 Å². The van der Waals surface area contributed by atoms with Crippen LogP contribution in [-0.4, -0.2) is 11.1 Å². The highest BCUT2D eigenvalue weighted by Crippen LogP contribution is 2.24. The molecular weight excluding hydrogens is 258 g/mol. The largest absolute Gasteiger partial charge is 0.508 e. The maximum atomic E-state index is 9.33. The van der Waals surface area contributed by atoms with Crippen LogP contribution in [0.2, 0.25) is 0 Å². The first-order valence-electron chi connectivity index (χ1n) is 7.24. The molecule has 0 saturated carbocycles. The maximum absolute atomic E-state index is 9.33. The van der Waals surface area contributed by atoms with Gasteiger partial charge in [0.1, 0.15) is 5.75 Å². The monoisotopic (exact) mass is 277 g/mol. The Balaban J connectivity index is 1.77. The second-order valence-electron chi connectivity index (χ2n) is 5.44. The van der Waals surface area contributed by atoms with Gasteiger partial charge in [-0.2, -0.15) is 0 Å². The van der Waals surface area contributed by atoms with Crippen molar-refractivity contribution in [1.29, 1.82) is 0 Å². The van der Waals surface area contributed by atoms with E-state index in [1.54, 1.807) is 12.1 Å². The fourth-order valence-corrected chi connectivity index (χ4v) is 2.65. The topological polar surface area (TPSA) is 32.3 Å². The van der Waals surface area contributed by atoms with Crippen molar-refractivity contribution in [3.8, 4) is 5.75 Å². The van der Waals surface area contributed by atoms with Gasteiger partial charge in [0.05, 0.1) is 0 Å². The molecule has 0 saturated heterocycles. The van der Waals surface area contributed by atoms with E-state index in [1.807, 2.05) is 12.1 Å². The molecule has 0 heterocycles. The zero-order valence-corrected chi connectivity index (χ0v) is 12.1. The second-order valence-corrected chi connectivity index (χ2v) is 5.44. The minimum Gasteiger partial charge on any atom is -0.508 e. The molecule has 1 unspecified atom stereocenters. The van der Waals surface area contributed by atoms with Crippen LogP contribution in [0.25, 0.3) is 10.8 Å². The van der Waals surface area contributed by atoms with Gasteiger partial charge in [0.25, 0.3) is 0 Å². The molecule has 1 atom stereocenters. The first kappa shape index (κ1) is 13.5.